The van der Waals surface area contributed by atoms with E-state index in [-0.39, 0.29) is 0 Å². The number of anilines is 1. The smallest absolute Gasteiger partial charge is 0.255 e. The summed E-state index contributed by atoms with van der Waals surface area (Å²) < 4.78 is 4.45. The molecule has 0 spiro atoms. The van der Waals surface area contributed by atoms with E-state index in [1.54, 1.807) is 7.05 Å². The summed E-state index contributed by atoms with van der Waals surface area (Å²) in [5.41, 5.74) is 0. The number of rotatable bonds is 1. The molecule has 1 radical (unpaired) electrons. The van der Waals surface area contributed by atoms with Gasteiger partial charge in [0.25, 0.3) is 5.88 Å². The van der Waals surface area contributed by atoms with Crippen LogP contribution in [0.15, 0.2) is 4.52 Å². The van der Waals surface area contributed by atoms with Crippen LogP contribution in [0, 0.1) is 6.20 Å². The van der Waals surface area contributed by atoms with Crippen LogP contribution in [0.4, 0.5) is 5.88 Å². The number of aromatic nitrogens is 2. The third-order valence-corrected chi connectivity index (χ3v) is 0.552. The molecule has 1 N–H and O–H groups in total. The topological polar surface area (TPSA) is 51.0 Å². The van der Waals surface area contributed by atoms with Crippen LogP contribution in [-0.2, 0) is 0 Å². The molecular weight excluding hydrogens is 94.1 g/mol. The van der Waals surface area contributed by atoms with Gasteiger partial charge in [-0.1, -0.05) is 0 Å². The predicted octanol–water partition coefficient (Wildman–Crippen LogP) is -0.0885. The maximum Gasteiger partial charge on any atom is 0.255 e. The molecule has 1 aromatic rings. The van der Waals surface area contributed by atoms with E-state index in [1.807, 2.05) is 0 Å². The second kappa shape index (κ2) is 1.59. The Bertz CT molecular complexity index is 125. The molecule has 0 unspecified atom stereocenters. The number of hydrogen-bond acceptors (Lipinski definition) is 4. The molecule has 4 heteroatoms. The Morgan fingerprint density at radius 2 is 2.71 bits per heavy atom. The molecule has 0 bridgehead atoms. The molecule has 1 rings (SSSR count). The molecule has 0 saturated heterocycles. The van der Waals surface area contributed by atoms with E-state index >= 15 is 0 Å². The standard InChI is InChI=1S/C3H4N3O/c1-4-3-2-5-6-7-3/h4H,1H3. The molecule has 4 nitrogen and oxygen atoms in total. The molecule has 0 saturated carbocycles. The summed E-state index contributed by atoms with van der Waals surface area (Å²) in [6.45, 7) is 0. The normalized spacial score (nSPS) is 8.71. The molecule has 1 heterocycles. The number of nitrogens with one attached hydrogen (secondary N) is 1. The highest BCUT2D eigenvalue weighted by molar-refractivity contribution is 5.20. The zero-order chi connectivity index (χ0) is 5.11. The van der Waals surface area contributed by atoms with E-state index in [0.29, 0.717) is 5.88 Å². The molecule has 0 atom stereocenters. The molecule has 0 aliphatic rings. The lowest BCUT2D eigenvalue weighted by Gasteiger charge is -1.80. The average molecular weight is 98.1 g/mol. The molecule has 0 aliphatic carbocycles. The van der Waals surface area contributed by atoms with Crippen LogP contribution in [0.3, 0.4) is 0 Å². The third kappa shape index (κ3) is 0.677. The van der Waals surface area contributed by atoms with Gasteiger partial charge in [-0.15, -0.1) is 5.10 Å². The van der Waals surface area contributed by atoms with Gasteiger partial charge in [0, 0.05) is 12.3 Å². The van der Waals surface area contributed by atoms with Gasteiger partial charge in [-0.05, 0) is 0 Å². The summed E-state index contributed by atoms with van der Waals surface area (Å²) in [5, 5.41) is 9.10. The number of nitrogens with zero attached hydrogens (tertiary/aromatic N) is 2. The van der Waals surface area contributed by atoms with Crippen LogP contribution in [0.2, 0.25) is 0 Å². The maximum absolute atomic E-state index is 4.45. The van der Waals surface area contributed by atoms with Gasteiger partial charge in [0.15, 0.2) is 6.20 Å². The minimum Gasteiger partial charge on any atom is -0.355 e. The van der Waals surface area contributed by atoms with Crippen molar-refractivity contribution < 1.29 is 4.52 Å². The van der Waals surface area contributed by atoms with Gasteiger partial charge in [0.2, 0.25) is 0 Å². The molecule has 0 aliphatic heterocycles. The Labute approximate surface area is 40.5 Å². The van der Waals surface area contributed by atoms with Gasteiger partial charge < -0.3 is 9.84 Å². The van der Waals surface area contributed by atoms with Gasteiger partial charge >= 0.3 is 0 Å². The van der Waals surface area contributed by atoms with Crippen molar-refractivity contribution in [1.82, 2.24) is 10.4 Å². The van der Waals surface area contributed by atoms with Gasteiger partial charge in [0.05, 0.1) is 0 Å². The van der Waals surface area contributed by atoms with Crippen molar-refractivity contribution in [2.75, 3.05) is 12.4 Å². The van der Waals surface area contributed by atoms with Gasteiger partial charge in [0.1, 0.15) is 0 Å². The summed E-state index contributed by atoms with van der Waals surface area (Å²) >= 11 is 0. The first-order valence-corrected chi connectivity index (χ1v) is 1.81. The van der Waals surface area contributed by atoms with Crippen molar-refractivity contribution in [3.63, 3.8) is 0 Å². The lowest BCUT2D eigenvalue weighted by atomic mass is 10.8. The van der Waals surface area contributed by atoms with Crippen molar-refractivity contribution in [2.45, 2.75) is 0 Å². The first-order chi connectivity index (χ1) is 3.43. The zero-order valence-electron chi connectivity index (χ0n) is 3.80. The van der Waals surface area contributed by atoms with Crippen LogP contribution in [-0.4, -0.2) is 17.4 Å². The second-order valence-corrected chi connectivity index (χ2v) is 0.964. The molecule has 0 aromatic carbocycles. The fourth-order valence-corrected chi connectivity index (χ4v) is 0.249. The molecule has 37 valence electrons. The van der Waals surface area contributed by atoms with Crippen molar-refractivity contribution >= 4 is 5.88 Å². The Morgan fingerprint density at radius 1 is 1.86 bits per heavy atom. The van der Waals surface area contributed by atoms with Crippen LogP contribution in [0.1, 0.15) is 0 Å². The fraction of sp³-hybridized carbons (Fsp3) is 0.333. The Balaban J connectivity index is 2.76. The molecule has 1 aromatic heterocycles. The van der Waals surface area contributed by atoms with Crippen LogP contribution in [0.5, 0.6) is 0 Å². The lowest BCUT2D eigenvalue weighted by molar-refractivity contribution is 0.405. The van der Waals surface area contributed by atoms with E-state index in [0.717, 1.165) is 0 Å². The Kier molecular flexibility index (Phi) is 0.934. The Morgan fingerprint density at radius 3 is 3.00 bits per heavy atom. The molecular formula is C3H4N3O. The fourth-order valence-electron chi connectivity index (χ4n) is 0.249. The molecule has 0 amide bonds. The summed E-state index contributed by atoms with van der Waals surface area (Å²) in [4.78, 5) is 0. The largest absolute Gasteiger partial charge is 0.355 e. The molecule has 0 fully saturated rings. The van der Waals surface area contributed by atoms with E-state index in [4.69, 9.17) is 0 Å². The van der Waals surface area contributed by atoms with Crippen molar-refractivity contribution in [1.29, 1.82) is 0 Å². The summed E-state index contributed by atoms with van der Waals surface area (Å²) in [7, 11) is 1.71. The third-order valence-electron chi connectivity index (χ3n) is 0.552. The Hall–Kier alpha value is -1.06. The minimum absolute atomic E-state index is 0.458. The quantitative estimate of drug-likeness (QED) is 0.533. The predicted molar refractivity (Wildman–Crippen MR) is 22.7 cm³/mol. The first-order valence-electron chi connectivity index (χ1n) is 1.81. The van der Waals surface area contributed by atoms with Crippen molar-refractivity contribution in [2.24, 2.45) is 0 Å². The van der Waals surface area contributed by atoms with Gasteiger partial charge in [-0.3, -0.25) is 0 Å². The summed E-state index contributed by atoms with van der Waals surface area (Å²) in [6, 6.07) is 0. The monoisotopic (exact) mass is 98.0 g/mol. The van der Waals surface area contributed by atoms with E-state index < -0.39 is 0 Å². The highest BCUT2D eigenvalue weighted by Gasteiger charge is 1.88. The summed E-state index contributed by atoms with van der Waals surface area (Å²) in [5.74, 6) is 0.458. The van der Waals surface area contributed by atoms with Gasteiger partial charge in [-0.25, -0.2) is 0 Å². The highest BCUT2D eigenvalue weighted by atomic mass is 16.5. The lowest BCUT2D eigenvalue weighted by Crippen LogP contribution is -1.82. The van der Waals surface area contributed by atoms with Gasteiger partial charge in [-0.2, -0.15) is 0 Å². The highest BCUT2D eigenvalue weighted by Crippen LogP contribution is 1.94. The average Bonchev–Trinajstić information content (AvgIpc) is 2.14. The number of hydrogen-bond donors (Lipinski definition) is 1. The second-order valence-electron chi connectivity index (χ2n) is 0.964. The van der Waals surface area contributed by atoms with E-state index in [1.165, 1.54) is 0 Å². The SMILES string of the molecule is CNc1[c]nno1. The van der Waals surface area contributed by atoms with Crippen molar-refractivity contribution in [3.8, 4) is 0 Å². The molecule has 7 heavy (non-hydrogen) atoms. The minimum atomic E-state index is 0.458. The zero-order valence-corrected chi connectivity index (χ0v) is 3.80. The van der Waals surface area contributed by atoms with Crippen LogP contribution >= 0.6 is 0 Å². The van der Waals surface area contributed by atoms with E-state index in [9.17, 15) is 0 Å². The van der Waals surface area contributed by atoms with Crippen LogP contribution in [0.25, 0.3) is 0 Å². The van der Waals surface area contributed by atoms with Crippen molar-refractivity contribution in [3.05, 3.63) is 6.20 Å². The van der Waals surface area contributed by atoms with Crippen LogP contribution < -0.4 is 5.32 Å². The van der Waals surface area contributed by atoms with E-state index in [2.05, 4.69) is 26.4 Å². The first kappa shape index (κ1) is 4.11. The summed E-state index contributed by atoms with van der Waals surface area (Å²) in [6.07, 6.45) is 2.45. The maximum atomic E-state index is 4.45.